The van der Waals surface area contributed by atoms with Gasteiger partial charge in [-0.15, -0.1) is 0 Å². The minimum atomic E-state index is -0.563. The fourth-order valence-corrected chi connectivity index (χ4v) is 2.79. The summed E-state index contributed by atoms with van der Waals surface area (Å²) >= 11 is 0. The van der Waals surface area contributed by atoms with Crippen LogP contribution in [0.5, 0.6) is 5.75 Å². The van der Waals surface area contributed by atoms with E-state index in [-0.39, 0.29) is 18.7 Å². The van der Waals surface area contributed by atoms with Gasteiger partial charge in [-0.2, -0.15) is 5.10 Å². The molecule has 0 radical (unpaired) electrons. The summed E-state index contributed by atoms with van der Waals surface area (Å²) in [5, 5.41) is 3.93. The van der Waals surface area contributed by atoms with E-state index in [0.717, 1.165) is 16.9 Å². The minimum absolute atomic E-state index is 0.0690. The molecule has 0 bridgehead atoms. The second-order valence-electron chi connectivity index (χ2n) is 6.65. The van der Waals surface area contributed by atoms with Gasteiger partial charge in [-0.1, -0.05) is 30.3 Å². The minimum Gasteiger partial charge on any atom is -0.489 e. The summed E-state index contributed by atoms with van der Waals surface area (Å²) < 4.78 is 5.73. The van der Waals surface area contributed by atoms with Crippen molar-refractivity contribution in [1.82, 2.24) is 15.4 Å². The highest BCUT2D eigenvalue weighted by molar-refractivity contribution is 5.82. The first-order valence-electron chi connectivity index (χ1n) is 9.42. The fourth-order valence-electron chi connectivity index (χ4n) is 2.79. The van der Waals surface area contributed by atoms with Crippen LogP contribution in [-0.4, -0.2) is 22.1 Å². The van der Waals surface area contributed by atoms with Crippen molar-refractivity contribution in [2.24, 2.45) is 5.10 Å². The standard InChI is InChI=1S/C22H22N4O4/c1-15-19(21(28)25-22(29)24-15)11-12-20(27)26-23-13-16-7-9-18(10-8-16)30-14-17-5-3-2-4-6-17/h2-10,13H,11-12,14H2,1H3,(H,26,27)(H2,24,25,28,29)/b23-13+. The van der Waals surface area contributed by atoms with Gasteiger partial charge in [0.25, 0.3) is 5.56 Å². The second-order valence-corrected chi connectivity index (χ2v) is 6.65. The number of aromatic nitrogens is 2. The number of H-pyrrole nitrogens is 2. The first-order valence-corrected chi connectivity index (χ1v) is 9.42. The molecule has 0 fully saturated rings. The van der Waals surface area contributed by atoms with Crippen LogP contribution < -0.4 is 21.4 Å². The van der Waals surface area contributed by atoms with E-state index in [1.165, 1.54) is 6.21 Å². The molecule has 0 atom stereocenters. The number of benzene rings is 2. The zero-order chi connectivity index (χ0) is 21.3. The van der Waals surface area contributed by atoms with Crippen LogP contribution in [-0.2, 0) is 17.8 Å². The van der Waals surface area contributed by atoms with Crippen LogP contribution in [0.2, 0.25) is 0 Å². The van der Waals surface area contributed by atoms with Gasteiger partial charge in [0, 0.05) is 17.7 Å². The molecule has 0 saturated carbocycles. The topological polar surface area (TPSA) is 116 Å². The monoisotopic (exact) mass is 406 g/mol. The molecular weight excluding hydrogens is 384 g/mol. The molecule has 1 amide bonds. The molecule has 0 aliphatic rings. The second kappa shape index (κ2) is 10.0. The third-order valence-corrected chi connectivity index (χ3v) is 4.39. The highest BCUT2D eigenvalue weighted by atomic mass is 16.5. The molecule has 8 nitrogen and oxygen atoms in total. The number of nitrogens with zero attached hydrogens (tertiary/aromatic N) is 1. The van der Waals surface area contributed by atoms with Gasteiger partial charge in [-0.25, -0.2) is 10.2 Å². The van der Waals surface area contributed by atoms with Crippen molar-refractivity contribution in [3.05, 3.63) is 97.8 Å². The van der Waals surface area contributed by atoms with Crippen LogP contribution in [0.25, 0.3) is 0 Å². The van der Waals surface area contributed by atoms with Crippen molar-refractivity contribution in [2.45, 2.75) is 26.4 Å². The maximum atomic E-state index is 11.9. The summed E-state index contributed by atoms with van der Waals surface area (Å²) in [6.07, 6.45) is 1.79. The number of amides is 1. The van der Waals surface area contributed by atoms with E-state index < -0.39 is 11.2 Å². The van der Waals surface area contributed by atoms with Gasteiger partial charge >= 0.3 is 5.69 Å². The number of hydrogen-bond donors (Lipinski definition) is 3. The Labute approximate surface area is 172 Å². The smallest absolute Gasteiger partial charge is 0.325 e. The average Bonchev–Trinajstić information content (AvgIpc) is 2.73. The van der Waals surface area contributed by atoms with Crippen molar-refractivity contribution in [2.75, 3.05) is 0 Å². The van der Waals surface area contributed by atoms with Crippen LogP contribution in [0, 0.1) is 6.92 Å². The van der Waals surface area contributed by atoms with Crippen molar-refractivity contribution in [3.63, 3.8) is 0 Å². The Hall–Kier alpha value is -3.94. The van der Waals surface area contributed by atoms with Gasteiger partial charge < -0.3 is 9.72 Å². The van der Waals surface area contributed by atoms with Crippen LogP contribution in [0.4, 0.5) is 0 Å². The van der Waals surface area contributed by atoms with E-state index >= 15 is 0 Å². The van der Waals surface area contributed by atoms with E-state index in [1.807, 2.05) is 54.6 Å². The number of hydrogen-bond acceptors (Lipinski definition) is 5. The number of ether oxygens (including phenoxy) is 1. The van der Waals surface area contributed by atoms with Crippen molar-refractivity contribution >= 4 is 12.1 Å². The Bertz CT molecular complexity index is 1130. The van der Waals surface area contributed by atoms with Crippen molar-refractivity contribution in [1.29, 1.82) is 0 Å². The SMILES string of the molecule is Cc1[nH]c(=O)[nH]c(=O)c1CCC(=O)N/N=C/c1ccc(OCc2ccccc2)cc1. The summed E-state index contributed by atoms with van der Waals surface area (Å²) in [6.45, 7) is 2.11. The molecule has 0 aliphatic heterocycles. The predicted octanol–water partition coefficient (Wildman–Crippen LogP) is 2.03. The third-order valence-electron chi connectivity index (χ3n) is 4.39. The first kappa shape index (κ1) is 20.8. The summed E-state index contributed by atoms with van der Waals surface area (Å²) in [6, 6.07) is 17.2. The lowest BCUT2D eigenvalue weighted by Gasteiger charge is -2.06. The lowest BCUT2D eigenvalue weighted by atomic mass is 10.1. The lowest BCUT2D eigenvalue weighted by molar-refractivity contribution is -0.121. The zero-order valence-corrected chi connectivity index (χ0v) is 16.5. The van der Waals surface area contributed by atoms with Gasteiger partial charge in [0.15, 0.2) is 0 Å². The molecule has 30 heavy (non-hydrogen) atoms. The molecule has 1 heterocycles. The van der Waals surface area contributed by atoms with Crippen LogP contribution in [0.3, 0.4) is 0 Å². The number of carbonyl (C=O) groups is 1. The normalized spacial score (nSPS) is 10.8. The molecule has 3 rings (SSSR count). The molecule has 154 valence electrons. The molecule has 0 spiro atoms. The lowest BCUT2D eigenvalue weighted by Crippen LogP contribution is -2.28. The molecule has 0 saturated heterocycles. The van der Waals surface area contributed by atoms with Gasteiger partial charge in [0.2, 0.25) is 5.91 Å². The summed E-state index contributed by atoms with van der Waals surface area (Å²) in [5.74, 6) is 0.403. The van der Waals surface area contributed by atoms with Gasteiger partial charge in [0.05, 0.1) is 6.21 Å². The quantitative estimate of drug-likeness (QED) is 0.392. The van der Waals surface area contributed by atoms with Crippen LogP contribution in [0.1, 0.15) is 28.8 Å². The van der Waals surface area contributed by atoms with Crippen LogP contribution >= 0.6 is 0 Å². The van der Waals surface area contributed by atoms with Gasteiger partial charge in [-0.05, 0) is 48.7 Å². The molecule has 0 aliphatic carbocycles. The predicted molar refractivity (Wildman–Crippen MR) is 114 cm³/mol. The number of aryl methyl sites for hydroxylation is 1. The van der Waals surface area contributed by atoms with Crippen molar-refractivity contribution < 1.29 is 9.53 Å². The number of nitrogens with one attached hydrogen (secondary N) is 3. The van der Waals surface area contributed by atoms with Gasteiger partial charge in [0.1, 0.15) is 12.4 Å². The third kappa shape index (κ3) is 6.03. The Morgan fingerprint density at radius 2 is 1.80 bits per heavy atom. The summed E-state index contributed by atoms with van der Waals surface area (Å²) in [4.78, 5) is 39.6. The van der Waals surface area contributed by atoms with Gasteiger partial charge in [-0.3, -0.25) is 14.6 Å². The zero-order valence-electron chi connectivity index (χ0n) is 16.5. The Morgan fingerprint density at radius 3 is 2.50 bits per heavy atom. The van der Waals surface area contributed by atoms with E-state index in [1.54, 1.807) is 6.92 Å². The number of rotatable bonds is 8. The average molecular weight is 406 g/mol. The van der Waals surface area contributed by atoms with E-state index in [2.05, 4.69) is 20.5 Å². The number of aromatic amines is 2. The fraction of sp³-hybridized carbons (Fsp3) is 0.182. The van der Waals surface area contributed by atoms with E-state index in [4.69, 9.17) is 4.74 Å². The molecule has 3 N–H and O–H groups in total. The summed E-state index contributed by atoms with van der Waals surface area (Å²) in [5.41, 5.74) is 4.10. The highest BCUT2D eigenvalue weighted by Gasteiger charge is 2.08. The number of carbonyl (C=O) groups excluding carboxylic acids is 1. The van der Waals surface area contributed by atoms with E-state index in [0.29, 0.717) is 17.9 Å². The Morgan fingerprint density at radius 1 is 1.07 bits per heavy atom. The molecule has 8 heteroatoms. The van der Waals surface area contributed by atoms with Crippen LogP contribution in [0.15, 0.2) is 69.3 Å². The first-order chi connectivity index (χ1) is 14.5. The maximum Gasteiger partial charge on any atom is 0.325 e. The Balaban J connectivity index is 1.46. The number of hydrazone groups is 1. The molecular formula is C22H22N4O4. The van der Waals surface area contributed by atoms with E-state index in [9.17, 15) is 14.4 Å². The van der Waals surface area contributed by atoms with Crippen molar-refractivity contribution in [3.8, 4) is 5.75 Å². The maximum absolute atomic E-state index is 11.9. The highest BCUT2D eigenvalue weighted by Crippen LogP contribution is 2.13. The molecule has 2 aromatic carbocycles. The molecule has 3 aromatic rings. The largest absolute Gasteiger partial charge is 0.489 e. The molecule has 0 unspecified atom stereocenters. The summed E-state index contributed by atoms with van der Waals surface area (Å²) in [7, 11) is 0. The molecule has 1 aromatic heterocycles. The Kier molecular flexibility index (Phi) is 6.94.